The van der Waals surface area contributed by atoms with Crippen LogP contribution in [0, 0.1) is 0 Å². The first-order chi connectivity index (χ1) is 9.31. The van der Waals surface area contributed by atoms with Gasteiger partial charge in [-0.1, -0.05) is 18.2 Å². The van der Waals surface area contributed by atoms with Crippen molar-refractivity contribution in [1.82, 2.24) is 0 Å². The van der Waals surface area contributed by atoms with Crippen molar-refractivity contribution in [3.05, 3.63) is 30.3 Å². The third-order valence-electron chi connectivity index (χ3n) is 2.26. The van der Waals surface area contributed by atoms with Gasteiger partial charge in [-0.3, -0.25) is 4.18 Å². The Hall–Kier alpha value is -0.733. The highest BCUT2D eigenvalue weighted by molar-refractivity contribution is 7.86. The number of ether oxygens (including phenoxy) is 1. The zero-order valence-corrected chi connectivity index (χ0v) is 14.0. The molecule has 1 aromatic carbocycles. The average molecular weight is 318 g/mol. The summed E-state index contributed by atoms with van der Waals surface area (Å²) in [6.45, 7) is 7.50. The summed E-state index contributed by atoms with van der Waals surface area (Å²) in [7, 11) is -5.19. The lowest BCUT2D eigenvalue weighted by atomic mass is 10.4. The molecular weight excluding hydrogens is 296 g/mol. The Balaban J connectivity index is 2.19. The van der Waals surface area contributed by atoms with E-state index in [2.05, 4.69) is 19.6 Å². The zero-order valence-electron chi connectivity index (χ0n) is 12.2. The van der Waals surface area contributed by atoms with Crippen molar-refractivity contribution in [2.75, 3.05) is 26.4 Å². The van der Waals surface area contributed by atoms with Gasteiger partial charge < -0.3 is 9.16 Å². The van der Waals surface area contributed by atoms with Crippen LogP contribution in [-0.2, 0) is 23.5 Å². The average Bonchev–Trinajstić information content (AvgIpc) is 2.37. The van der Waals surface area contributed by atoms with Gasteiger partial charge in [-0.25, -0.2) is 0 Å². The maximum atomic E-state index is 11.8. The summed E-state index contributed by atoms with van der Waals surface area (Å²) in [6, 6.07) is 8.05. The smallest absolute Gasteiger partial charge is 0.297 e. The first-order valence-corrected chi connectivity index (χ1v) is 11.3. The molecule has 1 rings (SSSR count). The Bertz CT molecular complexity index is 481. The number of hydrogen-bond donors (Lipinski definition) is 0. The highest BCUT2D eigenvalue weighted by atomic mass is 32.2. The highest BCUT2D eigenvalue weighted by Gasteiger charge is 2.14. The summed E-state index contributed by atoms with van der Waals surface area (Å²) in [6.07, 6.45) is 0. The second kappa shape index (κ2) is 7.89. The van der Waals surface area contributed by atoms with Crippen LogP contribution in [0.3, 0.4) is 0 Å². The van der Waals surface area contributed by atoms with Gasteiger partial charge in [-0.05, 0) is 31.8 Å². The van der Waals surface area contributed by atoms with Crippen molar-refractivity contribution in [2.45, 2.75) is 24.5 Å². The van der Waals surface area contributed by atoms with Crippen LogP contribution in [0.25, 0.3) is 0 Å². The molecule has 0 fully saturated rings. The lowest BCUT2D eigenvalue weighted by molar-refractivity contribution is 0.0762. The highest BCUT2D eigenvalue weighted by Crippen LogP contribution is 2.10. The molecule has 0 heterocycles. The van der Waals surface area contributed by atoms with Crippen molar-refractivity contribution in [3.8, 4) is 0 Å². The van der Waals surface area contributed by atoms with E-state index in [1.807, 2.05) is 0 Å². The summed E-state index contributed by atoms with van der Waals surface area (Å²) in [5, 5.41) is 0. The van der Waals surface area contributed by atoms with Gasteiger partial charge in [0.1, 0.15) is 0 Å². The topological polar surface area (TPSA) is 61.8 Å². The van der Waals surface area contributed by atoms with Crippen LogP contribution in [0.1, 0.15) is 0 Å². The van der Waals surface area contributed by atoms with Crippen LogP contribution in [0.5, 0.6) is 0 Å². The van der Waals surface area contributed by atoms with Crippen LogP contribution in [0.2, 0.25) is 19.6 Å². The van der Waals surface area contributed by atoms with Gasteiger partial charge in [0.05, 0.1) is 31.3 Å². The summed E-state index contributed by atoms with van der Waals surface area (Å²) in [5.74, 6) is 0. The number of benzene rings is 1. The summed E-state index contributed by atoms with van der Waals surface area (Å²) < 4.78 is 39.3. The summed E-state index contributed by atoms with van der Waals surface area (Å²) in [4.78, 5) is 0.155. The van der Waals surface area contributed by atoms with Gasteiger partial charge in [-0.15, -0.1) is 0 Å². The molecule has 0 atom stereocenters. The molecule has 1 aromatic rings. The molecule has 114 valence electrons. The lowest BCUT2D eigenvalue weighted by Crippen LogP contribution is -2.27. The standard InChI is InChI=1S/C13H22O5SSi/c1-20(2,3)18-12-10-16-9-11-17-19(14,15)13-7-5-4-6-8-13/h4-8H,9-12H2,1-3H3. The molecule has 0 N–H and O–H groups in total. The molecule has 0 saturated heterocycles. The van der Waals surface area contributed by atoms with Crippen molar-refractivity contribution < 1.29 is 21.8 Å². The van der Waals surface area contributed by atoms with Crippen LogP contribution in [-0.4, -0.2) is 43.2 Å². The first kappa shape index (κ1) is 17.3. The molecule has 0 aromatic heterocycles. The predicted octanol–water partition coefficient (Wildman–Crippen LogP) is 2.26. The monoisotopic (exact) mass is 318 g/mol. The molecule has 0 unspecified atom stereocenters. The minimum Gasteiger partial charge on any atom is -0.415 e. The fourth-order valence-electron chi connectivity index (χ4n) is 1.37. The van der Waals surface area contributed by atoms with E-state index >= 15 is 0 Å². The van der Waals surface area contributed by atoms with Gasteiger partial charge in [0.15, 0.2) is 8.32 Å². The van der Waals surface area contributed by atoms with Crippen LogP contribution < -0.4 is 0 Å². The molecule has 0 amide bonds. The third kappa shape index (κ3) is 7.16. The molecule has 5 nitrogen and oxygen atoms in total. The molecule has 0 aliphatic heterocycles. The molecule has 0 spiro atoms. The Morgan fingerprint density at radius 3 is 2.15 bits per heavy atom. The van der Waals surface area contributed by atoms with E-state index in [4.69, 9.17) is 13.3 Å². The van der Waals surface area contributed by atoms with Crippen molar-refractivity contribution in [2.24, 2.45) is 0 Å². The maximum absolute atomic E-state index is 11.8. The molecular formula is C13H22O5SSi. The lowest BCUT2D eigenvalue weighted by Gasteiger charge is -2.16. The second-order valence-corrected chi connectivity index (χ2v) is 11.3. The maximum Gasteiger partial charge on any atom is 0.297 e. The molecule has 0 aliphatic rings. The van der Waals surface area contributed by atoms with Crippen LogP contribution in [0.15, 0.2) is 35.2 Å². The van der Waals surface area contributed by atoms with Crippen molar-refractivity contribution in [1.29, 1.82) is 0 Å². The van der Waals surface area contributed by atoms with E-state index in [1.54, 1.807) is 18.2 Å². The molecule has 0 bridgehead atoms. The van der Waals surface area contributed by atoms with Gasteiger partial charge in [-0.2, -0.15) is 8.42 Å². The summed E-state index contributed by atoms with van der Waals surface area (Å²) in [5.41, 5.74) is 0. The van der Waals surface area contributed by atoms with Gasteiger partial charge >= 0.3 is 0 Å². The predicted molar refractivity (Wildman–Crippen MR) is 79.7 cm³/mol. The van der Waals surface area contributed by atoms with Gasteiger partial charge in [0.2, 0.25) is 0 Å². The van der Waals surface area contributed by atoms with Crippen LogP contribution >= 0.6 is 0 Å². The van der Waals surface area contributed by atoms with E-state index in [0.717, 1.165) is 0 Å². The number of rotatable bonds is 9. The van der Waals surface area contributed by atoms with Crippen LogP contribution in [0.4, 0.5) is 0 Å². The van der Waals surface area contributed by atoms with E-state index in [0.29, 0.717) is 13.2 Å². The second-order valence-electron chi connectivity index (χ2n) is 5.16. The van der Waals surface area contributed by atoms with E-state index < -0.39 is 18.4 Å². The Morgan fingerprint density at radius 2 is 1.55 bits per heavy atom. The van der Waals surface area contributed by atoms with Gasteiger partial charge in [0.25, 0.3) is 10.1 Å². The minimum absolute atomic E-state index is 0.00414. The summed E-state index contributed by atoms with van der Waals surface area (Å²) >= 11 is 0. The van der Waals surface area contributed by atoms with Gasteiger partial charge in [0, 0.05) is 0 Å². The number of hydrogen-bond acceptors (Lipinski definition) is 5. The molecule has 20 heavy (non-hydrogen) atoms. The SMILES string of the molecule is C[Si](C)(C)OCCOCCOS(=O)(=O)c1ccccc1. The first-order valence-electron chi connectivity index (χ1n) is 6.47. The largest absolute Gasteiger partial charge is 0.415 e. The van der Waals surface area contributed by atoms with Crippen molar-refractivity contribution >= 4 is 18.4 Å². The fraction of sp³-hybridized carbons (Fsp3) is 0.538. The minimum atomic E-state index is -3.68. The normalized spacial score (nSPS) is 12.6. The molecule has 0 saturated carbocycles. The quantitative estimate of drug-likeness (QED) is 0.397. The third-order valence-corrected chi connectivity index (χ3v) is 4.66. The Morgan fingerprint density at radius 1 is 0.950 bits per heavy atom. The zero-order chi connectivity index (χ0) is 15.1. The van der Waals surface area contributed by atoms with E-state index in [9.17, 15) is 8.42 Å². The van der Waals surface area contributed by atoms with Crippen molar-refractivity contribution in [3.63, 3.8) is 0 Å². The molecule has 0 aliphatic carbocycles. The molecule has 7 heteroatoms. The molecule has 0 radical (unpaired) electrons. The van der Waals surface area contributed by atoms with E-state index in [1.165, 1.54) is 12.1 Å². The Labute approximate surface area is 122 Å². The fourth-order valence-corrected chi connectivity index (χ4v) is 2.98. The van der Waals surface area contributed by atoms with E-state index in [-0.39, 0.29) is 18.1 Å². The Kier molecular flexibility index (Phi) is 6.84.